The smallest absolute Gasteiger partial charge is 0.0365 e. The van der Waals surface area contributed by atoms with Gasteiger partial charge in [-0.05, 0) is 12.8 Å². The lowest BCUT2D eigenvalue weighted by Gasteiger charge is -2.18. The quantitative estimate of drug-likeness (QED) is 0.469. The van der Waals surface area contributed by atoms with Crippen molar-refractivity contribution < 1.29 is 0 Å². The van der Waals surface area contributed by atoms with Crippen molar-refractivity contribution in [3.63, 3.8) is 0 Å². The molecule has 0 saturated carbocycles. The Kier molecular flexibility index (Phi) is 2.00. The summed E-state index contributed by atoms with van der Waals surface area (Å²) in [6.45, 7) is 3.26. The summed E-state index contributed by atoms with van der Waals surface area (Å²) in [5.41, 5.74) is 0. The minimum atomic E-state index is 1.13. The van der Waals surface area contributed by atoms with Gasteiger partial charge in [0.2, 0.25) is 0 Å². The Labute approximate surface area is 50.2 Å². The number of hydrogen-bond donors (Lipinski definition) is 1. The molecule has 0 amide bonds. The lowest BCUT2D eigenvalue weighted by Crippen LogP contribution is -2.14. The molecule has 2 heteroatoms. The van der Waals surface area contributed by atoms with Crippen molar-refractivity contribution in [1.29, 1.82) is 0 Å². The number of hydrogen-bond acceptors (Lipinski definition) is 2. The van der Waals surface area contributed by atoms with Crippen molar-refractivity contribution in [2.75, 3.05) is 6.54 Å². The fraction of sp³-hybridized carbons (Fsp3) is 0.800. The molecule has 0 bridgehead atoms. The topological polar surface area (TPSA) is 3.24 Å². The molecule has 0 aromatic rings. The third kappa shape index (κ3) is 1.70. The summed E-state index contributed by atoms with van der Waals surface area (Å²) in [4.78, 5) is 0. The molecule has 0 aromatic carbocycles. The molecule has 1 nitrogen and oxygen atoms in total. The molecule has 1 rings (SSSR count). The van der Waals surface area contributed by atoms with Crippen molar-refractivity contribution in [2.24, 2.45) is 0 Å². The van der Waals surface area contributed by atoms with Crippen LogP contribution < -0.4 is 0 Å². The summed E-state index contributed by atoms with van der Waals surface area (Å²) < 4.78 is 1.96. The average Bonchev–Trinajstić information content (AvgIpc) is 1.69. The van der Waals surface area contributed by atoms with Crippen LogP contribution >= 0.6 is 12.8 Å². The SMILES string of the molecule is SN1[CH]CCCC1. The Balaban J connectivity index is 2.12. The maximum Gasteiger partial charge on any atom is 0.0365 e. The van der Waals surface area contributed by atoms with E-state index in [0.29, 0.717) is 0 Å². The molecule has 1 fully saturated rings. The Bertz CT molecular complexity index is 50.0. The third-order valence-corrected chi connectivity index (χ3v) is 1.54. The Hall–Kier alpha value is 0.310. The van der Waals surface area contributed by atoms with E-state index < -0.39 is 0 Å². The van der Waals surface area contributed by atoms with Gasteiger partial charge in [0.25, 0.3) is 0 Å². The molecule has 1 heterocycles. The van der Waals surface area contributed by atoms with Crippen molar-refractivity contribution in [1.82, 2.24) is 4.31 Å². The molecule has 41 valence electrons. The number of nitrogens with zero attached hydrogens (tertiary/aromatic N) is 1. The van der Waals surface area contributed by atoms with Crippen LogP contribution in [0.1, 0.15) is 19.3 Å². The summed E-state index contributed by atoms with van der Waals surface area (Å²) in [5.74, 6) is 0. The first-order valence-corrected chi connectivity index (χ1v) is 3.08. The maximum absolute atomic E-state index is 4.14. The standard InChI is InChI=1S/C5H10NS/c7-6-4-2-1-3-5-6/h4,7H,1-3,5H2. The molecular formula is C5H10NS. The largest absolute Gasteiger partial charge is 0.249 e. The highest BCUT2D eigenvalue weighted by Crippen LogP contribution is 2.13. The van der Waals surface area contributed by atoms with E-state index in [0.717, 1.165) is 6.54 Å². The monoisotopic (exact) mass is 116 g/mol. The van der Waals surface area contributed by atoms with Gasteiger partial charge in [0, 0.05) is 13.1 Å². The fourth-order valence-corrected chi connectivity index (χ4v) is 1.01. The molecule has 1 aliphatic heterocycles. The highest BCUT2D eigenvalue weighted by molar-refractivity contribution is 7.77. The minimum Gasteiger partial charge on any atom is -0.249 e. The number of piperidine rings is 1. The molecule has 1 saturated heterocycles. The molecule has 0 spiro atoms. The van der Waals surface area contributed by atoms with Gasteiger partial charge in [-0.1, -0.05) is 19.2 Å². The van der Waals surface area contributed by atoms with Crippen LogP contribution in [0.25, 0.3) is 0 Å². The highest BCUT2D eigenvalue weighted by Gasteiger charge is 2.03. The van der Waals surface area contributed by atoms with Crippen molar-refractivity contribution >= 4 is 12.8 Å². The first-order chi connectivity index (χ1) is 3.39. The Morgan fingerprint density at radius 1 is 1.43 bits per heavy atom. The molecule has 0 aliphatic carbocycles. The van der Waals surface area contributed by atoms with E-state index >= 15 is 0 Å². The van der Waals surface area contributed by atoms with Gasteiger partial charge < -0.3 is 0 Å². The third-order valence-electron chi connectivity index (χ3n) is 1.18. The summed E-state index contributed by atoms with van der Waals surface area (Å²) in [5, 5.41) is 0. The molecule has 1 radical (unpaired) electrons. The first-order valence-electron chi connectivity index (χ1n) is 2.68. The van der Waals surface area contributed by atoms with Crippen LogP contribution in [-0.4, -0.2) is 10.8 Å². The normalized spacial score (nSPS) is 25.3. The van der Waals surface area contributed by atoms with Crippen molar-refractivity contribution in [2.45, 2.75) is 19.3 Å². The van der Waals surface area contributed by atoms with Crippen LogP contribution in [0, 0.1) is 6.54 Å². The minimum absolute atomic E-state index is 1.13. The Morgan fingerprint density at radius 2 is 2.29 bits per heavy atom. The second kappa shape index (κ2) is 2.58. The van der Waals surface area contributed by atoms with Crippen molar-refractivity contribution in [3.05, 3.63) is 6.54 Å². The number of thiol groups is 1. The summed E-state index contributed by atoms with van der Waals surface area (Å²) >= 11 is 4.14. The average molecular weight is 116 g/mol. The van der Waals surface area contributed by atoms with Gasteiger partial charge in [-0.3, -0.25) is 0 Å². The van der Waals surface area contributed by atoms with Gasteiger partial charge in [0.15, 0.2) is 0 Å². The van der Waals surface area contributed by atoms with E-state index in [1.807, 2.05) is 4.31 Å². The van der Waals surface area contributed by atoms with E-state index in [1.165, 1.54) is 19.3 Å². The fourth-order valence-electron chi connectivity index (χ4n) is 0.750. The van der Waals surface area contributed by atoms with Crippen LogP contribution in [0.15, 0.2) is 0 Å². The van der Waals surface area contributed by atoms with Gasteiger partial charge in [0.1, 0.15) is 0 Å². The van der Waals surface area contributed by atoms with Crippen LogP contribution in [0.5, 0.6) is 0 Å². The lowest BCUT2D eigenvalue weighted by atomic mass is 10.2. The highest BCUT2D eigenvalue weighted by atomic mass is 32.1. The molecule has 0 aromatic heterocycles. The summed E-state index contributed by atoms with van der Waals surface area (Å²) in [6, 6.07) is 0. The van der Waals surface area contributed by atoms with Gasteiger partial charge in [-0.25, -0.2) is 4.31 Å². The molecule has 7 heavy (non-hydrogen) atoms. The molecule has 1 aliphatic rings. The van der Waals surface area contributed by atoms with Gasteiger partial charge >= 0.3 is 0 Å². The molecule has 0 unspecified atom stereocenters. The van der Waals surface area contributed by atoms with Crippen LogP contribution in [0.4, 0.5) is 0 Å². The van der Waals surface area contributed by atoms with Crippen molar-refractivity contribution in [3.8, 4) is 0 Å². The lowest BCUT2D eigenvalue weighted by molar-refractivity contribution is 0.448. The van der Waals surface area contributed by atoms with Gasteiger partial charge in [-0.2, -0.15) is 0 Å². The van der Waals surface area contributed by atoms with E-state index in [2.05, 4.69) is 19.4 Å². The first kappa shape index (κ1) is 5.45. The predicted octanol–water partition coefficient (Wildman–Crippen LogP) is 1.48. The van der Waals surface area contributed by atoms with Crippen LogP contribution in [0.3, 0.4) is 0 Å². The summed E-state index contributed by atoms with van der Waals surface area (Å²) in [6.07, 6.45) is 3.86. The van der Waals surface area contributed by atoms with E-state index in [9.17, 15) is 0 Å². The maximum atomic E-state index is 4.14. The molecule has 0 N–H and O–H groups in total. The zero-order valence-electron chi connectivity index (χ0n) is 4.30. The Morgan fingerprint density at radius 3 is 2.57 bits per heavy atom. The van der Waals surface area contributed by atoms with Gasteiger partial charge in [-0.15, -0.1) is 0 Å². The number of rotatable bonds is 0. The van der Waals surface area contributed by atoms with Crippen LogP contribution in [0.2, 0.25) is 0 Å². The van der Waals surface area contributed by atoms with E-state index in [-0.39, 0.29) is 0 Å². The molecular weight excluding hydrogens is 106 g/mol. The second-order valence-electron chi connectivity index (χ2n) is 1.84. The molecule has 0 atom stereocenters. The second-order valence-corrected chi connectivity index (χ2v) is 2.36. The zero-order valence-corrected chi connectivity index (χ0v) is 5.19. The predicted molar refractivity (Wildman–Crippen MR) is 33.8 cm³/mol. The van der Waals surface area contributed by atoms with Crippen LogP contribution in [-0.2, 0) is 0 Å². The zero-order chi connectivity index (χ0) is 5.11. The van der Waals surface area contributed by atoms with E-state index in [1.54, 1.807) is 0 Å². The summed E-state index contributed by atoms with van der Waals surface area (Å²) in [7, 11) is 0. The van der Waals surface area contributed by atoms with E-state index in [4.69, 9.17) is 0 Å². The van der Waals surface area contributed by atoms with Gasteiger partial charge in [0.05, 0.1) is 0 Å².